The number of ether oxygens (including phenoxy) is 1. The van der Waals surface area contributed by atoms with E-state index >= 15 is 0 Å². The molecule has 0 radical (unpaired) electrons. The van der Waals surface area contributed by atoms with Crippen molar-refractivity contribution in [1.82, 2.24) is 10.4 Å². The Morgan fingerprint density at radius 3 is 2.50 bits per heavy atom. The summed E-state index contributed by atoms with van der Waals surface area (Å²) in [6.45, 7) is 4.13. The van der Waals surface area contributed by atoms with Crippen LogP contribution >= 0.6 is 0 Å². The van der Waals surface area contributed by atoms with E-state index in [4.69, 9.17) is 9.72 Å². The molecule has 3 aromatic carbocycles. The fourth-order valence-corrected chi connectivity index (χ4v) is 3.29. The minimum atomic E-state index is -0.284. The number of carbonyl (C=O) groups is 1. The first kappa shape index (κ1) is 21.2. The minimum Gasteiger partial charge on any atom is -0.491 e. The van der Waals surface area contributed by atoms with E-state index in [-0.39, 0.29) is 12.0 Å². The van der Waals surface area contributed by atoms with Gasteiger partial charge in [-0.2, -0.15) is 5.10 Å². The number of hydrogen-bond donors (Lipinski definition) is 1. The molecule has 1 N–H and O–H groups in total. The molecule has 4 rings (SSSR count). The van der Waals surface area contributed by atoms with E-state index in [0.29, 0.717) is 5.56 Å². The first-order valence-corrected chi connectivity index (χ1v) is 10.7. The molecule has 160 valence electrons. The average Bonchev–Trinajstić information content (AvgIpc) is 2.84. The Morgan fingerprint density at radius 1 is 1.03 bits per heavy atom. The fraction of sp³-hybridized carbons (Fsp3) is 0.148. The van der Waals surface area contributed by atoms with E-state index < -0.39 is 0 Å². The van der Waals surface area contributed by atoms with Gasteiger partial charge in [0.05, 0.1) is 29.1 Å². The highest BCUT2D eigenvalue weighted by molar-refractivity contribution is 6.07. The number of para-hydroxylation sites is 1. The average molecular weight is 424 g/mol. The van der Waals surface area contributed by atoms with Gasteiger partial charge in [0.2, 0.25) is 0 Å². The number of amides is 1. The summed E-state index contributed by atoms with van der Waals surface area (Å²) in [7, 11) is 0. The lowest BCUT2D eigenvalue weighted by Gasteiger charge is -2.12. The summed E-state index contributed by atoms with van der Waals surface area (Å²) in [6, 6.07) is 26.9. The quantitative estimate of drug-likeness (QED) is 0.300. The van der Waals surface area contributed by atoms with Gasteiger partial charge >= 0.3 is 0 Å². The van der Waals surface area contributed by atoms with Crippen LogP contribution in [0.25, 0.3) is 22.2 Å². The SMILES string of the molecule is CC[C@H](C)Oc1ccc(/C=N/NC(=O)c2cc(-c3ccccc3)nc3ccccc23)cc1. The largest absolute Gasteiger partial charge is 0.491 e. The molecule has 0 spiro atoms. The summed E-state index contributed by atoms with van der Waals surface area (Å²) in [6.07, 6.45) is 2.74. The van der Waals surface area contributed by atoms with Crippen LogP contribution in [0.3, 0.4) is 0 Å². The van der Waals surface area contributed by atoms with Gasteiger partial charge in [0.25, 0.3) is 5.91 Å². The third kappa shape index (κ3) is 5.01. The van der Waals surface area contributed by atoms with Crippen LogP contribution in [0.2, 0.25) is 0 Å². The van der Waals surface area contributed by atoms with Gasteiger partial charge in [0, 0.05) is 10.9 Å². The molecule has 5 nitrogen and oxygen atoms in total. The van der Waals surface area contributed by atoms with Crippen LogP contribution in [-0.2, 0) is 0 Å². The summed E-state index contributed by atoms with van der Waals surface area (Å²) in [5.74, 6) is 0.533. The predicted molar refractivity (Wildman–Crippen MR) is 129 cm³/mol. The summed E-state index contributed by atoms with van der Waals surface area (Å²) < 4.78 is 5.79. The molecule has 5 heteroatoms. The fourth-order valence-electron chi connectivity index (χ4n) is 3.29. The van der Waals surface area contributed by atoms with E-state index in [9.17, 15) is 4.79 Å². The minimum absolute atomic E-state index is 0.171. The Morgan fingerprint density at radius 2 is 1.75 bits per heavy atom. The van der Waals surface area contributed by atoms with Crippen LogP contribution in [0, 0.1) is 0 Å². The van der Waals surface area contributed by atoms with Crippen molar-refractivity contribution >= 4 is 23.0 Å². The molecule has 1 amide bonds. The second-order valence-electron chi connectivity index (χ2n) is 7.54. The van der Waals surface area contributed by atoms with Gasteiger partial charge in [0.1, 0.15) is 5.75 Å². The van der Waals surface area contributed by atoms with Gasteiger partial charge in [-0.1, -0.05) is 55.5 Å². The van der Waals surface area contributed by atoms with Gasteiger partial charge in [-0.3, -0.25) is 4.79 Å². The zero-order chi connectivity index (χ0) is 22.3. The summed E-state index contributed by atoms with van der Waals surface area (Å²) in [5, 5.41) is 4.93. The standard InChI is InChI=1S/C27H25N3O2/c1-3-19(2)32-22-15-13-20(14-16-22)18-28-30-27(31)24-17-26(21-9-5-4-6-10-21)29-25-12-8-7-11-23(24)25/h4-19H,3H2,1-2H3,(H,30,31)/b28-18+/t19-/m0/s1. The highest BCUT2D eigenvalue weighted by Crippen LogP contribution is 2.24. The number of rotatable bonds is 7. The van der Waals surface area contributed by atoms with E-state index in [1.54, 1.807) is 6.21 Å². The molecule has 1 aromatic heterocycles. The van der Waals surface area contributed by atoms with Crippen molar-refractivity contribution in [3.63, 3.8) is 0 Å². The Bertz CT molecular complexity index is 1230. The smallest absolute Gasteiger partial charge is 0.272 e. The maximum absolute atomic E-state index is 13.0. The van der Waals surface area contributed by atoms with Crippen LogP contribution in [0.4, 0.5) is 0 Å². The van der Waals surface area contributed by atoms with E-state index in [2.05, 4.69) is 17.5 Å². The normalized spacial score (nSPS) is 12.1. The number of benzene rings is 3. The van der Waals surface area contributed by atoms with Crippen molar-refractivity contribution in [3.8, 4) is 17.0 Å². The molecule has 0 unspecified atom stereocenters. The van der Waals surface area contributed by atoms with Gasteiger partial charge in [-0.25, -0.2) is 10.4 Å². The summed E-state index contributed by atoms with van der Waals surface area (Å²) in [4.78, 5) is 17.7. The highest BCUT2D eigenvalue weighted by atomic mass is 16.5. The predicted octanol–water partition coefficient (Wildman–Crippen LogP) is 5.84. The first-order valence-electron chi connectivity index (χ1n) is 10.7. The van der Waals surface area contributed by atoms with Crippen molar-refractivity contribution in [2.75, 3.05) is 0 Å². The summed E-state index contributed by atoms with van der Waals surface area (Å²) in [5.41, 5.74) is 6.51. The molecule has 32 heavy (non-hydrogen) atoms. The second kappa shape index (κ2) is 9.88. The Hall–Kier alpha value is -3.99. The molecule has 0 saturated heterocycles. The van der Waals surface area contributed by atoms with E-state index in [1.165, 1.54) is 0 Å². The molecule has 1 atom stereocenters. The van der Waals surface area contributed by atoms with Gasteiger partial charge in [0.15, 0.2) is 0 Å². The van der Waals surface area contributed by atoms with Crippen LogP contribution in [0.1, 0.15) is 36.2 Å². The number of pyridine rings is 1. The van der Waals surface area contributed by atoms with Gasteiger partial charge in [-0.05, 0) is 55.3 Å². The number of carbonyl (C=O) groups excluding carboxylic acids is 1. The van der Waals surface area contributed by atoms with Gasteiger partial charge in [-0.15, -0.1) is 0 Å². The molecule has 0 aliphatic heterocycles. The third-order valence-electron chi connectivity index (χ3n) is 5.20. The Labute approximate surface area is 187 Å². The molecule has 4 aromatic rings. The summed E-state index contributed by atoms with van der Waals surface area (Å²) >= 11 is 0. The van der Waals surface area contributed by atoms with Crippen molar-refractivity contribution in [2.24, 2.45) is 5.10 Å². The Balaban J connectivity index is 1.53. The van der Waals surface area contributed by atoms with Crippen LogP contribution in [0.15, 0.2) is 90.0 Å². The molecular formula is C27H25N3O2. The number of fused-ring (bicyclic) bond motifs is 1. The zero-order valence-corrected chi connectivity index (χ0v) is 18.2. The number of hydrazone groups is 1. The highest BCUT2D eigenvalue weighted by Gasteiger charge is 2.13. The number of hydrogen-bond acceptors (Lipinski definition) is 4. The lowest BCUT2D eigenvalue weighted by atomic mass is 10.0. The van der Waals surface area contributed by atoms with Crippen LogP contribution in [-0.4, -0.2) is 23.2 Å². The van der Waals surface area contributed by atoms with Crippen molar-refractivity contribution < 1.29 is 9.53 Å². The molecule has 0 aliphatic rings. The van der Waals surface area contributed by atoms with Crippen molar-refractivity contribution in [2.45, 2.75) is 26.4 Å². The lowest BCUT2D eigenvalue weighted by molar-refractivity contribution is 0.0956. The third-order valence-corrected chi connectivity index (χ3v) is 5.20. The van der Waals surface area contributed by atoms with E-state index in [0.717, 1.165) is 39.9 Å². The van der Waals surface area contributed by atoms with Crippen LogP contribution < -0.4 is 10.2 Å². The lowest BCUT2D eigenvalue weighted by Crippen LogP contribution is -2.18. The first-order chi connectivity index (χ1) is 15.6. The second-order valence-corrected chi connectivity index (χ2v) is 7.54. The van der Waals surface area contributed by atoms with Gasteiger partial charge < -0.3 is 4.74 Å². The van der Waals surface area contributed by atoms with Crippen molar-refractivity contribution in [3.05, 3.63) is 96.1 Å². The van der Waals surface area contributed by atoms with Crippen molar-refractivity contribution in [1.29, 1.82) is 0 Å². The monoisotopic (exact) mass is 423 g/mol. The molecule has 0 aliphatic carbocycles. The number of nitrogens with one attached hydrogen (secondary N) is 1. The topological polar surface area (TPSA) is 63.6 Å². The zero-order valence-electron chi connectivity index (χ0n) is 18.2. The molecular weight excluding hydrogens is 398 g/mol. The van der Waals surface area contributed by atoms with Crippen LogP contribution in [0.5, 0.6) is 5.75 Å². The molecule has 0 saturated carbocycles. The Kier molecular flexibility index (Phi) is 6.56. The molecule has 0 fully saturated rings. The molecule has 0 bridgehead atoms. The number of aromatic nitrogens is 1. The van der Waals surface area contributed by atoms with E-state index in [1.807, 2.05) is 91.9 Å². The number of nitrogens with zero attached hydrogens (tertiary/aromatic N) is 2. The maximum Gasteiger partial charge on any atom is 0.272 e. The molecule has 1 heterocycles. The maximum atomic E-state index is 13.0.